The van der Waals surface area contributed by atoms with E-state index in [1.807, 2.05) is 29.8 Å². The maximum absolute atomic E-state index is 8.43. The summed E-state index contributed by atoms with van der Waals surface area (Å²) in [6.07, 6.45) is 1.45. The molecule has 0 aliphatic carbocycles. The minimum absolute atomic E-state index is 0. The van der Waals surface area contributed by atoms with E-state index >= 15 is 0 Å². The van der Waals surface area contributed by atoms with Crippen LogP contribution in [0.1, 0.15) is 5.01 Å². The lowest BCUT2D eigenvalue weighted by Crippen LogP contribution is -3.00. The Hall–Kier alpha value is -0.940. The van der Waals surface area contributed by atoms with E-state index in [9.17, 15) is 0 Å². The standard InChI is InChI=1S/C9H8N2OS.BrH/c1-11-7-4-2-3-5-8(7)13-9(11)6-10-12;/h2-6H,1H3;1H. The van der Waals surface area contributed by atoms with Gasteiger partial charge in [0, 0.05) is 6.07 Å². The second kappa shape index (κ2) is 4.52. The molecule has 0 unspecified atom stereocenters. The average Bonchev–Trinajstić information content (AvgIpc) is 2.46. The monoisotopic (exact) mass is 272 g/mol. The Bertz CT molecular complexity index is 467. The highest BCUT2D eigenvalue weighted by Gasteiger charge is 2.13. The molecule has 1 aromatic heterocycles. The molecule has 74 valence electrons. The normalized spacial score (nSPS) is 10.6. The van der Waals surface area contributed by atoms with E-state index in [4.69, 9.17) is 5.21 Å². The first-order chi connectivity index (χ1) is 6.33. The molecule has 1 N–H and O–H groups in total. The summed E-state index contributed by atoms with van der Waals surface area (Å²) in [6, 6.07) is 8.09. The van der Waals surface area contributed by atoms with Gasteiger partial charge in [-0.15, -0.1) is 0 Å². The first-order valence-electron chi connectivity index (χ1n) is 3.88. The van der Waals surface area contributed by atoms with E-state index in [-0.39, 0.29) is 17.0 Å². The van der Waals surface area contributed by atoms with Crippen LogP contribution in [0.2, 0.25) is 0 Å². The summed E-state index contributed by atoms with van der Waals surface area (Å²) >= 11 is 1.60. The number of hydrogen-bond acceptors (Lipinski definition) is 3. The molecule has 0 atom stereocenters. The summed E-state index contributed by atoms with van der Waals surface area (Å²) in [5.41, 5.74) is 1.16. The number of aryl methyl sites for hydroxylation is 1. The number of aromatic nitrogens is 1. The first-order valence-corrected chi connectivity index (χ1v) is 4.69. The molecule has 3 nitrogen and oxygen atoms in total. The van der Waals surface area contributed by atoms with Gasteiger partial charge in [0.25, 0.3) is 5.01 Å². The summed E-state index contributed by atoms with van der Waals surface area (Å²) in [7, 11) is 1.95. The van der Waals surface area contributed by atoms with Crippen LogP contribution in [0.25, 0.3) is 10.2 Å². The summed E-state index contributed by atoms with van der Waals surface area (Å²) in [5, 5.41) is 12.4. The Labute approximate surface area is 96.1 Å². The van der Waals surface area contributed by atoms with Crippen molar-refractivity contribution in [2.45, 2.75) is 0 Å². The molecule has 0 saturated carbocycles. The third-order valence-electron chi connectivity index (χ3n) is 1.94. The number of nitrogens with zero attached hydrogens (tertiary/aromatic N) is 2. The molecule has 2 rings (SSSR count). The number of hydrogen-bond donors (Lipinski definition) is 1. The lowest BCUT2D eigenvalue weighted by Gasteiger charge is -1.83. The highest BCUT2D eigenvalue weighted by molar-refractivity contribution is 7.19. The Morgan fingerprint density at radius 2 is 2.14 bits per heavy atom. The minimum atomic E-state index is 0. The molecule has 1 heterocycles. The molecular weight excluding hydrogens is 264 g/mol. The SMILES string of the molecule is C[n+]1c(C=NO)sc2ccccc21.[Br-]. The lowest BCUT2D eigenvalue weighted by molar-refractivity contribution is -0.641. The molecule has 0 aliphatic rings. The number of rotatable bonds is 1. The predicted molar refractivity (Wildman–Crippen MR) is 52.4 cm³/mol. The molecule has 0 radical (unpaired) electrons. The van der Waals surface area contributed by atoms with Crippen molar-refractivity contribution in [1.82, 2.24) is 0 Å². The van der Waals surface area contributed by atoms with Gasteiger partial charge in [-0.25, -0.2) is 0 Å². The zero-order chi connectivity index (χ0) is 9.26. The van der Waals surface area contributed by atoms with Crippen molar-refractivity contribution in [1.29, 1.82) is 0 Å². The van der Waals surface area contributed by atoms with Gasteiger partial charge in [0.05, 0.1) is 0 Å². The summed E-state index contributed by atoms with van der Waals surface area (Å²) in [5.74, 6) is 0. The van der Waals surface area contributed by atoms with E-state index in [1.54, 1.807) is 11.3 Å². The topological polar surface area (TPSA) is 36.5 Å². The largest absolute Gasteiger partial charge is 1.00 e. The molecule has 0 bridgehead atoms. The number of halogens is 1. The molecule has 0 fully saturated rings. The van der Waals surface area contributed by atoms with Crippen LogP contribution >= 0.6 is 11.3 Å². The summed E-state index contributed by atoms with van der Waals surface area (Å²) in [6.45, 7) is 0. The van der Waals surface area contributed by atoms with E-state index in [1.165, 1.54) is 10.9 Å². The number of fused-ring (bicyclic) bond motifs is 1. The minimum Gasteiger partial charge on any atom is -1.00 e. The molecule has 1 aromatic carbocycles. The van der Waals surface area contributed by atoms with E-state index < -0.39 is 0 Å². The maximum Gasteiger partial charge on any atom is 0.284 e. The van der Waals surface area contributed by atoms with Crippen LogP contribution in [0.3, 0.4) is 0 Å². The fourth-order valence-electron chi connectivity index (χ4n) is 1.28. The maximum atomic E-state index is 8.43. The van der Waals surface area contributed by atoms with E-state index in [2.05, 4.69) is 11.2 Å². The number of para-hydroxylation sites is 1. The van der Waals surface area contributed by atoms with Crippen molar-refractivity contribution in [3.05, 3.63) is 29.3 Å². The van der Waals surface area contributed by atoms with Crippen LogP contribution in [0.4, 0.5) is 0 Å². The third kappa shape index (κ3) is 1.78. The Morgan fingerprint density at radius 3 is 2.79 bits per heavy atom. The number of thiazole rings is 1. The Kier molecular flexibility index (Phi) is 3.60. The van der Waals surface area contributed by atoms with Gasteiger partial charge in [0.2, 0.25) is 5.52 Å². The Balaban J connectivity index is 0.000000980. The van der Waals surface area contributed by atoms with Gasteiger partial charge in [-0.2, -0.15) is 4.57 Å². The van der Waals surface area contributed by atoms with Crippen LogP contribution in [-0.2, 0) is 7.05 Å². The second-order valence-electron chi connectivity index (χ2n) is 2.71. The van der Waals surface area contributed by atoms with Crippen molar-refractivity contribution < 1.29 is 26.8 Å². The Morgan fingerprint density at radius 1 is 1.43 bits per heavy atom. The quantitative estimate of drug-likeness (QED) is 0.293. The van der Waals surface area contributed by atoms with E-state index in [0.29, 0.717) is 0 Å². The predicted octanol–water partition coefficient (Wildman–Crippen LogP) is -1.46. The molecule has 0 spiro atoms. The zero-order valence-electron chi connectivity index (χ0n) is 7.51. The van der Waals surface area contributed by atoms with Gasteiger partial charge >= 0.3 is 0 Å². The smallest absolute Gasteiger partial charge is 0.284 e. The lowest BCUT2D eigenvalue weighted by atomic mass is 10.3. The van der Waals surface area contributed by atoms with Gasteiger partial charge < -0.3 is 22.2 Å². The average molecular weight is 273 g/mol. The molecule has 0 amide bonds. The van der Waals surface area contributed by atoms with Crippen molar-refractivity contribution in [2.24, 2.45) is 12.2 Å². The molecular formula is C9H9BrN2OS. The third-order valence-corrected chi connectivity index (χ3v) is 3.09. The van der Waals surface area contributed by atoms with Gasteiger partial charge in [0.15, 0.2) is 0 Å². The van der Waals surface area contributed by atoms with Gasteiger partial charge in [-0.05, 0) is 6.07 Å². The van der Waals surface area contributed by atoms with Crippen LogP contribution < -0.4 is 21.5 Å². The number of benzene rings is 1. The van der Waals surface area contributed by atoms with Crippen molar-refractivity contribution in [3.63, 3.8) is 0 Å². The van der Waals surface area contributed by atoms with E-state index in [0.717, 1.165) is 10.5 Å². The van der Waals surface area contributed by atoms with Crippen LogP contribution in [-0.4, -0.2) is 11.4 Å². The summed E-state index contributed by atoms with van der Waals surface area (Å²) < 4.78 is 3.19. The van der Waals surface area contributed by atoms with Crippen molar-refractivity contribution >= 4 is 27.8 Å². The van der Waals surface area contributed by atoms with Crippen molar-refractivity contribution in [2.75, 3.05) is 0 Å². The van der Waals surface area contributed by atoms with Gasteiger partial charge in [0.1, 0.15) is 18.0 Å². The number of oxime groups is 1. The fraction of sp³-hybridized carbons (Fsp3) is 0.111. The summed E-state index contributed by atoms with van der Waals surface area (Å²) in [4.78, 5) is 0. The molecule has 5 heteroatoms. The molecule has 14 heavy (non-hydrogen) atoms. The highest BCUT2D eigenvalue weighted by atomic mass is 79.9. The van der Waals surface area contributed by atoms with Crippen LogP contribution in [0, 0.1) is 0 Å². The molecule has 0 saturated heterocycles. The zero-order valence-corrected chi connectivity index (χ0v) is 9.92. The second-order valence-corrected chi connectivity index (χ2v) is 3.77. The first kappa shape index (κ1) is 11.1. The van der Waals surface area contributed by atoms with Gasteiger partial charge in [-0.1, -0.05) is 28.6 Å². The highest BCUT2D eigenvalue weighted by Crippen LogP contribution is 2.17. The fourth-order valence-corrected chi connectivity index (χ4v) is 2.30. The van der Waals surface area contributed by atoms with Gasteiger partial charge in [-0.3, -0.25) is 0 Å². The molecule has 0 aliphatic heterocycles. The van der Waals surface area contributed by atoms with Crippen molar-refractivity contribution in [3.8, 4) is 0 Å². The van der Waals surface area contributed by atoms with Crippen LogP contribution in [0.5, 0.6) is 0 Å². The van der Waals surface area contributed by atoms with Crippen LogP contribution in [0.15, 0.2) is 29.4 Å². The molecule has 2 aromatic rings.